The lowest BCUT2D eigenvalue weighted by Crippen LogP contribution is -2.36. The fraction of sp³-hybridized carbons (Fsp3) is 0.333. The number of halogens is 1. The van der Waals surface area contributed by atoms with Crippen LogP contribution < -0.4 is 16.0 Å². The molecule has 2 aromatic rings. The van der Waals surface area contributed by atoms with E-state index in [0.29, 0.717) is 13.0 Å². The number of rotatable bonds is 7. The summed E-state index contributed by atoms with van der Waals surface area (Å²) in [6, 6.07) is 16.3. The highest BCUT2D eigenvalue weighted by Crippen LogP contribution is 2.10. The number of guanidine groups is 1. The van der Waals surface area contributed by atoms with Crippen LogP contribution in [0.3, 0.4) is 0 Å². The third kappa shape index (κ3) is 8.43. The molecule has 0 aromatic heterocycles. The molecule has 0 aliphatic carbocycles. The van der Waals surface area contributed by atoms with Crippen LogP contribution in [0.15, 0.2) is 53.5 Å². The van der Waals surface area contributed by atoms with E-state index in [1.54, 1.807) is 7.05 Å². The summed E-state index contributed by atoms with van der Waals surface area (Å²) in [6.07, 6.45) is 1.40. The van der Waals surface area contributed by atoms with Crippen LogP contribution in [0.25, 0.3) is 0 Å². The Hall–Kier alpha value is -2.09. The van der Waals surface area contributed by atoms with E-state index in [0.717, 1.165) is 30.2 Å². The van der Waals surface area contributed by atoms with Gasteiger partial charge in [0.05, 0.1) is 0 Å². The average molecular weight is 480 g/mol. The van der Waals surface area contributed by atoms with Gasteiger partial charge >= 0.3 is 0 Å². The minimum Gasteiger partial charge on any atom is -0.352 e. The van der Waals surface area contributed by atoms with E-state index >= 15 is 0 Å². The molecule has 1 amide bonds. The third-order valence-corrected chi connectivity index (χ3v) is 3.94. The van der Waals surface area contributed by atoms with Gasteiger partial charge in [0.25, 0.3) is 0 Å². The zero-order valence-corrected chi connectivity index (χ0v) is 18.5. The molecule has 3 N–H and O–H groups in total. The lowest BCUT2D eigenvalue weighted by atomic mass is 10.1. The Morgan fingerprint density at radius 1 is 1.00 bits per heavy atom. The Morgan fingerprint density at radius 3 is 2.26 bits per heavy atom. The van der Waals surface area contributed by atoms with Crippen molar-refractivity contribution in [3.63, 3.8) is 0 Å². The van der Waals surface area contributed by atoms with E-state index in [1.807, 2.05) is 31.2 Å². The van der Waals surface area contributed by atoms with Gasteiger partial charge in [-0.1, -0.05) is 48.9 Å². The molecular weight excluding hydrogens is 451 g/mol. The summed E-state index contributed by atoms with van der Waals surface area (Å²) in [6.45, 7) is 5.47. The molecule has 0 heterocycles. The molecule has 0 bridgehead atoms. The van der Waals surface area contributed by atoms with Gasteiger partial charge in [-0.25, -0.2) is 0 Å². The maximum Gasteiger partial charge on any atom is 0.224 e. The molecule has 2 rings (SSSR count). The molecule has 0 fully saturated rings. The van der Waals surface area contributed by atoms with Crippen molar-refractivity contribution < 1.29 is 4.79 Å². The Balaban J connectivity index is 0.00000364. The Bertz CT molecular complexity index is 744. The second kappa shape index (κ2) is 12.3. The standard InChI is InChI=1S/C21H28N4O.HI/c1-4-6-20(26)25-19-11-9-17(10-12-19)14-23-21(22-3)24-15-18-8-5-7-16(2)13-18;/h5,7-13H,4,6,14-15H2,1-3H3,(H,25,26)(H2,22,23,24);1H. The first-order valence-corrected chi connectivity index (χ1v) is 8.99. The summed E-state index contributed by atoms with van der Waals surface area (Å²) >= 11 is 0. The first-order chi connectivity index (χ1) is 12.6. The van der Waals surface area contributed by atoms with Crippen molar-refractivity contribution in [2.45, 2.75) is 39.8 Å². The first kappa shape index (κ1) is 23.0. The van der Waals surface area contributed by atoms with Crippen LogP contribution in [-0.2, 0) is 17.9 Å². The van der Waals surface area contributed by atoms with E-state index in [4.69, 9.17) is 0 Å². The molecule has 0 saturated carbocycles. The molecule has 0 aliphatic heterocycles. The third-order valence-electron chi connectivity index (χ3n) is 3.94. The van der Waals surface area contributed by atoms with Gasteiger partial charge in [-0.15, -0.1) is 24.0 Å². The summed E-state index contributed by atoms with van der Waals surface area (Å²) in [7, 11) is 1.76. The van der Waals surface area contributed by atoms with Gasteiger partial charge in [-0.3, -0.25) is 9.79 Å². The highest BCUT2D eigenvalue weighted by molar-refractivity contribution is 14.0. The lowest BCUT2D eigenvalue weighted by Gasteiger charge is -2.13. The molecule has 0 aliphatic rings. The molecule has 146 valence electrons. The van der Waals surface area contributed by atoms with Gasteiger partial charge in [-0.2, -0.15) is 0 Å². The number of hydrogen-bond acceptors (Lipinski definition) is 2. The zero-order chi connectivity index (χ0) is 18.8. The number of carbonyl (C=O) groups is 1. The van der Waals surface area contributed by atoms with Crippen LogP contribution in [0, 0.1) is 6.92 Å². The average Bonchev–Trinajstić information content (AvgIpc) is 2.63. The molecule has 0 spiro atoms. The zero-order valence-electron chi connectivity index (χ0n) is 16.2. The second-order valence-corrected chi connectivity index (χ2v) is 6.26. The van der Waals surface area contributed by atoms with Gasteiger partial charge < -0.3 is 16.0 Å². The van der Waals surface area contributed by atoms with Crippen molar-refractivity contribution in [2.75, 3.05) is 12.4 Å². The van der Waals surface area contributed by atoms with Gasteiger partial charge in [0.15, 0.2) is 5.96 Å². The van der Waals surface area contributed by atoms with Crippen molar-refractivity contribution in [1.29, 1.82) is 0 Å². The van der Waals surface area contributed by atoms with E-state index in [9.17, 15) is 4.79 Å². The summed E-state index contributed by atoms with van der Waals surface area (Å²) in [5.41, 5.74) is 4.42. The van der Waals surface area contributed by atoms with Crippen molar-refractivity contribution >= 4 is 41.5 Å². The number of anilines is 1. The van der Waals surface area contributed by atoms with Crippen LogP contribution >= 0.6 is 24.0 Å². The van der Waals surface area contributed by atoms with Crippen molar-refractivity contribution in [3.8, 4) is 0 Å². The van der Waals surface area contributed by atoms with Gasteiger partial charge in [0, 0.05) is 32.2 Å². The van der Waals surface area contributed by atoms with Gasteiger partial charge in [0.2, 0.25) is 5.91 Å². The van der Waals surface area contributed by atoms with E-state index < -0.39 is 0 Å². The Labute approximate surface area is 179 Å². The van der Waals surface area contributed by atoms with E-state index in [-0.39, 0.29) is 29.9 Å². The van der Waals surface area contributed by atoms with Crippen molar-refractivity contribution in [1.82, 2.24) is 10.6 Å². The molecule has 0 unspecified atom stereocenters. The van der Waals surface area contributed by atoms with Gasteiger partial charge in [-0.05, 0) is 36.6 Å². The molecule has 27 heavy (non-hydrogen) atoms. The minimum absolute atomic E-state index is 0. The Kier molecular flexibility index (Phi) is 10.5. The quantitative estimate of drug-likeness (QED) is 0.316. The predicted octanol–water partition coefficient (Wildman–Crippen LogP) is 4.22. The molecule has 0 atom stereocenters. The maximum atomic E-state index is 11.6. The number of aliphatic imine (C=N–C) groups is 1. The fourth-order valence-corrected chi connectivity index (χ4v) is 2.57. The highest BCUT2D eigenvalue weighted by Gasteiger charge is 2.02. The van der Waals surface area contributed by atoms with Crippen LogP contribution in [0.4, 0.5) is 5.69 Å². The SMILES string of the molecule is CCCC(=O)Nc1ccc(CNC(=NC)NCc2cccc(C)c2)cc1.I. The fourth-order valence-electron chi connectivity index (χ4n) is 2.57. The molecule has 5 nitrogen and oxygen atoms in total. The summed E-state index contributed by atoms with van der Waals surface area (Å²) in [4.78, 5) is 15.9. The first-order valence-electron chi connectivity index (χ1n) is 8.99. The smallest absolute Gasteiger partial charge is 0.224 e. The summed E-state index contributed by atoms with van der Waals surface area (Å²) in [5, 5.41) is 9.51. The highest BCUT2D eigenvalue weighted by atomic mass is 127. The van der Waals surface area contributed by atoms with E-state index in [2.05, 4.69) is 52.1 Å². The summed E-state index contributed by atoms with van der Waals surface area (Å²) in [5.74, 6) is 0.811. The largest absolute Gasteiger partial charge is 0.352 e. The van der Waals surface area contributed by atoms with Gasteiger partial charge in [0.1, 0.15) is 0 Å². The second-order valence-electron chi connectivity index (χ2n) is 6.26. The normalized spacial score (nSPS) is 10.7. The van der Waals surface area contributed by atoms with E-state index in [1.165, 1.54) is 11.1 Å². The number of carbonyl (C=O) groups excluding carboxylic acids is 1. The number of aryl methyl sites for hydroxylation is 1. The van der Waals surface area contributed by atoms with Crippen LogP contribution in [-0.4, -0.2) is 18.9 Å². The number of nitrogens with zero attached hydrogens (tertiary/aromatic N) is 1. The van der Waals surface area contributed by atoms with Crippen molar-refractivity contribution in [2.24, 2.45) is 4.99 Å². The number of benzene rings is 2. The monoisotopic (exact) mass is 480 g/mol. The van der Waals surface area contributed by atoms with Crippen LogP contribution in [0.1, 0.15) is 36.5 Å². The molecular formula is C21H29IN4O. The molecule has 0 radical (unpaired) electrons. The number of hydrogen-bond donors (Lipinski definition) is 3. The lowest BCUT2D eigenvalue weighted by molar-refractivity contribution is -0.116. The molecule has 6 heteroatoms. The van der Waals surface area contributed by atoms with Crippen LogP contribution in [0.2, 0.25) is 0 Å². The summed E-state index contributed by atoms with van der Waals surface area (Å²) < 4.78 is 0. The maximum absolute atomic E-state index is 11.6. The predicted molar refractivity (Wildman–Crippen MR) is 124 cm³/mol. The number of nitrogens with one attached hydrogen (secondary N) is 3. The Morgan fingerprint density at radius 2 is 1.67 bits per heavy atom. The van der Waals surface area contributed by atoms with Crippen molar-refractivity contribution in [3.05, 3.63) is 65.2 Å². The molecule has 2 aromatic carbocycles. The number of amides is 1. The topological polar surface area (TPSA) is 65.5 Å². The molecule has 0 saturated heterocycles. The van der Waals surface area contributed by atoms with Crippen LogP contribution in [0.5, 0.6) is 0 Å². The minimum atomic E-state index is 0.